The molecule has 4 atom stereocenters. The van der Waals surface area contributed by atoms with E-state index in [9.17, 15) is 19.5 Å². The summed E-state index contributed by atoms with van der Waals surface area (Å²) >= 11 is 1.76. The number of carboxylic acids is 1. The lowest BCUT2D eigenvalue weighted by Gasteiger charge is -2.33. The SMILES string of the molecule is CCOC(=O)C(CCc1ccccc1)N[C@@H](C)C(=O)N1CCC2(CCSC2)C1C(=O)O. The number of rotatable bonds is 9. The van der Waals surface area contributed by atoms with E-state index >= 15 is 0 Å². The van der Waals surface area contributed by atoms with Gasteiger partial charge in [-0.1, -0.05) is 30.3 Å². The van der Waals surface area contributed by atoms with Crippen molar-refractivity contribution in [3.05, 3.63) is 35.9 Å². The number of esters is 1. The number of amides is 1. The van der Waals surface area contributed by atoms with Crippen molar-refractivity contribution in [2.75, 3.05) is 24.7 Å². The molecule has 31 heavy (non-hydrogen) atoms. The molecule has 2 heterocycles. The van der Waals surface area contributed by atoms with Crippen molar-refractivity contribution >= 4 is 29.6 Å². The minimum atomic E-state index is -0.938. The zero-order valence-corrected chi connectivity index (χ0v) is 19.0. The molecule has 1 spiro atoms. The van der Waals surface area contributed by atoms with Crippen molar-refractivity contribution in [2.45, 2.75) is 57.7 Å². The summed E-state index contributed by atoms with van der Waals surface area (Å²) < 4.78 is 5.21. The second-order valence-electron chi connectivity index (χ2n) is 8.40. The number of aryl methyl sites for hydroxylation is 1. The van der Waals surface area contributed by atoms with Gasteiger partial charge in [0.2, 0.25) is 5.91 Å². The zero-order chi connectivity index (χ0) is 22.4. The fourth-order valence-corrected chi connectivity index (χ4v) is 6.25. The molecular formula is C23H32N2O5S. The van der Waals surface area contributed by atoms with Crippen LogP contribution in [0.25, 0.3) is 0 Å². The molecule has 0 aliphatic carbocycles. The number of carboxylic acid groups (broad SMARTS) is 1. The van der Waals surface area contributed by atoms with Gasteiger partial charge in [-0.05, 0) is 50.8 Å². The number of nitrogens with zero attached hydrogens (tertiary/aromatic N) is 1. The summed E-state index contributed by atoms with van der Waals surface area (Å²) in [6, 6.07) is 7.71. The summed E-state index contributed by atoms with van der Waals surface area (Å²) in [5.74, 6) is 0.113. The fourth-order valence-electron chi connectivity index (χ4n) is 4.70. The Balaban J connectivity index is 1.68. The van der Waals surface area contributed by atoms with Crippen molar-refractivity contribution in [3.8, 4) is 0 Å². The van der Waals surface area contributed by atoms with Crippen LogP contribution >= 0.6 is 11.8 Å². The molecule has 2 N–H and O–H groups in total. The topological polar surface area (TPSA) is 95.9 Å². The highest BCUT2D eigenvalue weighted by Crippen LogP contribution is 2.48. The molecule has 3 unspecified atom stereocenters. The van der Waals surface area contributed by atoms with Gasteiger partial charge in [-0.2, -0.15) is 11.8 Å². The number of carbonyl (C=O) groups excluding carboxylic acids is 2. The lowest BCUT2D eigenvalue weighted by Crippen LogP contribution is -2.55. The molecule has 2 fully saturated rings. The average Bonchev–Trinajstić information content (AvgIpc) is 3.38. The number of hydrogen-bond acceptors (Lipinski definition) is 6. The van der Waals surface area contributed by atoms with E-state index < -0.39 is 30.1 Å². The number of benzene rings is 1. The minimum Gasteiger partial charge on any atom is -0.480 e. The number of nitrogens with one attached hydrogen (secondary N) is 1. The maximum absolute atomic E-state index is 13.2. The first-order valence-electron chi connectivity index (χ1n) is 11.0. The van der Waals surface area contributed by atoms with E-state index in [4.69, 9.17) is 4.74 Å². The Kier molecular flexibility index (Phi) is 8.00. The molecule has 1 amide bonds. The predicted octanol–water partition coefficient (Wildman–Crippen LogP) is 2.34. The summed E-state index contributed by atoms with van der Waals surface area (Å²) in [7, 11) is 0. The first-order chi connectivity index (χ1) is 14.9. The standard InChI is InChI=1S/C23H32N2O5S/c1-3-30-22(29)18(10-9-17-7-5-4-6-8-17)24-16(2)20(26)25-13-11-23(12-14-31-15-23)19(25)21(27)28/h4-8,16,18-19,24H,3,9-15H2,1-2H3,(H,27,28)/t16-,18?,19?,23?/m0/s1. The van der Waals surface area contributed by atoms with Gasteiger partial charge in [0.1, 0.15) is 12.1 Å². The molecule has 2 saturated heterocycles. The minimum absolute atomic E-state index is 0.262. The maximum Gasteiger partial charge on any atom is 0.327 e. The van der Waals surface area contributed by atoms with E-state index in [2.05, 4.69) is 5.32 Å². The predicted molar refractivity (Wildman–Crippen MR) is 120 cm³/mol. The van der Waals surface area contributed by atoms with Crippen molar-refractivity contribution in [2.24, 2.45) is 5.41 Å². The number of ether oxygens (including phenoxy) is 1. The lowest BCUT2D eigenvalue weighted by atomic mass is 9.80. The Bertz CT molecular complexity index is 781. The second kappa shape index (κ2) is 10.5. The summed E-state index contributed by atoms with van der Waals surface area (Å²) in [6.45, 7) is 4.15. The molecule has 0 saturated carbocycles. The van der Waals surface area contributed by atoms with Crippen LogP contribution in [-0.4, -0.2) is 70.6 Å². The fraction of sp³-hybridized carbons (Fsp3) is 0.609. The first-order valence-corrected chi connectivity index (χ1v) is 12.1. The van der Waals surface area contributed by atoms with Crippen LogP contribution in [0.5, 0.6) is 0 Å². The van der Waals surface area contributed by atoms with Gasteiger partial charge in [0.25, 0.3) is 0 Å². The van der Waals surface area contributed by atoms with Gasteiger partial charge in [-0.15, -0.1) is 0 Å². The Morgan fingerprint density at radius 3 is 2.65 bits per heavy atom. The number of hydrogen-bond donors (Lipinski definition) is 2. The third-order valence-electron chi connectivity index (χ3n) is 6.35. The number of carbonyl (C=O) groups is 3. The summed E-state index contributed by atoms with van der Waals surface area (Å²) in [5.41, 5.74) is 0.767. The van der Waals surface area contributed by atoms with Gasteiger partial charge in [0.05, 0.1) is 12.6 Å². The molecule has 0 bridgehead atoms. The highest BCUT2D eigenvalue weighted by Gasteiger charge is 2.54. The van der Waals surface area contributed by atoms with Crippen LogP contribution in [-0.2, 0) is 25.5 Å². The monoisotopic (exact) mass is 448 g/mol. The molecule has 2 aliphatic rings. The summed E-state index contributed by atoms with van der Waals surface area (Å²) in [4.78, 5) is 39.3. The molecule has 3 rings (SSSR count). The third-order valence-corrected chi connectivity index (χ3v) is 7.62. The quantitative estimate of drug-likeness (QED) is 0.560. The number of aliphatic carboxylic acids is 1. The Labute approximate surface area is 187 Å². The van der Waals surface area contributed by atoms with E-state index in [0.29, 0.717) is 25.8 Å². The van der Waals surface area contributed by atoms with Crippen LogP contribution < -0.4 is 5.32 Å². The number of thioether (sulfide) groups is 1. The van der Waals surface area contributed by atoms with Crippen LogP contribution in [0.1, 0.15) is 38.7 Å². The van der Waals surface area contributed by atoms with Crippen LogP contribution in [0.15, 0.2) is 30.3 Å². The summed E-state index contributed by atoms with van der Waals surface area (Å²) in [6.07, 6.45) is 2.69. The average molecular weight is 449 g/mol. The molecule has 170 valence electrons. The Morgan fingerprint density at radius 2 is 2.03 bits per heavy atom. The highest BCUT2D eigenvalue weighted by molar-refractivity contribution is 7.99. The van der Waals surface area contributed by atoms with Gasteiger partial charge >= 0.3 is 11.9 Å². The molecule has 7 nitrogen and oxygen atoms in total. The second-order valence-corrected chi connectivity index (χ2v) is 9.51. The molecular weight excluding hydrogens is 416 g/mol. The zero-order valence-electron chi connectivity index (χ0n) is 18.2. The van der Waals surface area contributed by atoms with Gasteiger partial charge in [-0.3, -0.25) is 14.9 Å². The van der Waals surface area contributed by atoms with Crippen LogP contribution in [0.4, 0.5) is 0 Å². The van der Waals surface area contributed by atoms with Crippen molar-refractivity contribution < 1.29 is 24.2 Å². The van der Waals surface area contributed by atoms with Crippen LogP contribution in [0, 0.1) is 5.41 Å². The summed E-state index contributed by atoms with van der Waals surface area (Å²) in [5, 5.41) is 13.0. The maximum atomic E-state index is 13.2. The smallest absolute Gasteiger partial charge is 0.327 e. The van der Waals surface area contributed by atoms with Crippen LogP contribution in [0.3, 0.4) is 0 Å². The van der Waals surface area contributed by atoms with E-state index in [-0.39, 0.29) is 17.9 Å². The molecule has 8 heteroatoms. The highest BCUT2D eigenvalue weighted by atomic mass is 32.2. The number of likely N-dealkylation sites (tertiary alicyclic amines) is 1. The van der Waals surface area contributed by atoms with E-state index in [1.165, 1.54) is 4.90 Å². The van der Waals surface area contributed by atoms with E-state index in [1.54, 1.807) is 25.6 Å². The molecule has 1 aromatic carbocycles. The van der Waals surface area contributed by atoms with Gasteiger partial charge < -0.3 is 14.7 Å². The van der Waals surface area contributed by atoms with Crippen molar-refractivity contribution in [1.82, 2.24) is 10.2 Å². The third kappa shape index (κ3) is 5.41. The first kappa shape index (κ1) is 23.6. The molecule has 1 aromatic rings. The van der Waals surface area contributed by atoms with Gasteiger partial charge in [0.15, 0.2) is 0 Å². The van der Waals surface area contributed by atoms with Crippen molar-refractivity contribution in [1.29, 1.82) is 0 Å². The Hall–Kier alpha value is -2.06. The largest absolute Gasteiger partial charge is 0.480 e. The Morgan fingerprint density at radius 1 is 1.29 bits per heavy atom. The van der Waals surface area contributed by atoms with E-state index in [1.807, 2.05) is 30.3 Å². The normalized spacial score (nSPS) is 24.8. The molecule has 0 aromatic heterocycles. The van der Waals surface area contributed by atoms with Gasteiger partial charge in [0, 0.05) is 17.7 Å². The van der Waals surface area contributed by atoms with Crippen LogP contribution in [0.2, 0.25) is 0 Å². The van der Waals surface area contributed by atoms with E-state index in [0.717, 1.165) is 23.5 Å². The molecule has 2 aliphatic heterocycles. The van der Waals surface area contributed by atoms with Gasteiger partial charge in [-0.25, -0.2) is 4.79 Å². The van der Waals surface area contributed by atoms with Crippen molar-refractivity contribution in [3.63, 3.8) is 0 Å². The molecule has 0 radical (unpaired) electrons. The lowest BCUT2D eigenvalue weighted by molar-refractivity contribution is -0.153.